The quantitative estimate of drug-likeness (QED) is 0.831. The Balaban J connectivity index is 1.43. The highest BCUT2D eigenvalue weighted by Gasteiger charge is 2.23. The van der Waals surface area contributed by atoms with Crippen LogP contribution in [-0.2, 0) is 11.3 Å². The van der Waals surface area contributed by atoms with Crippen molar-refractivity contribution in [2.45, 2.75) is 19.0 Å². The van der Waals surface area contributed by atoms with E-state index in [1.807, 2.05) is 18.2 Å². The third kappa shape index (κ3) is 5.36. The highest BCUT2D eigenvalue weighted by atomic mass is 35.5. The van der Waals surface area contributed by atoms with E-state index in [0.29, 0.717) is 15.8 Å². The average Bonchev–Trinajstić information content (AvgIpc) is 3.02. The number of carbonyl (C=O) groups excluding carboxylic acids is 1. The summed E-state index contributed by atoms with van der Waals surface area (Å²) < 4.78 is 5.47. The maximum atomic E-state index is 12.1. The Labute approximate surface area is 157 Å². The van der Waals surface area contributed by atoms with Crippen LogP contribution in [0.3, 0.4) is 0 Å². The molecule has 0 saturated carbocycles. The number of halogens is 2. The minimum Gasteiger partial charge on any atom is -0.482 e. The molecule has 4 nitrogen and oxygen atoms in total. The fraction of sp³-hybridized carbons (Fsp3) is 0.316. The smallest absolute Gasteiger partial charge is 0.258 e. The fourth-order valence-corrected chi connectivity index (χ4v) is 3.40. The van der Waals surface area contributed by atoms with Crippen LogP contribution in [0.4, 0.5) is 0 Å². The summed E-state index contributed by atoms with van der Waals surface area (Å²) in [6.45, 7) is 2.67. The second-order valence-electron chi connectivity index (χ2n) is 6.14. The van der Waals surface area contributed by atoms with Gasteiger partial charge in [-0.05, 0) is 30.2 Å². The summed E-state index contributed by atoms with van der Waals surface area (Å²) >= 11 is 11.9. The van der Waals surface area contributed by atoms with Gasteiger partial charge >= 0.3 is 0 Å². The summed E-state index contributed by atoms with van der Waals surface area (Å²) in [7, 11) is 0. The molecule has 1 unspecified atom stereocenters. The summed E-state index contributed by atoms with van der Waals surface area (Å²) in [5.74, 6) is 0.316. The lowest BCUT2D eigenvalue weighted by molar-refractivity contribution is -0.123. The predicted molar refractivity (Wildman–Crippen MR) is 100 cm³/mol. The molecule has 2 aromatic rings. The highest BCUT2D eigenvalue weighted by Crippen LogP contribution is 2.27. The zero-order chi connectivity index (χ0) is 17.6. The van der Waals surface area contributed by atoms with E-state index in [4.69, 9.17) is 27.9 Å². The lowest BCUT2D eigenvalue weighted by Gasteiger charge is -2.17. The minimum atomic E-state index is -0.141. The van der Waals surface area contributed by atoms with Gasteiger partial charge < -0.3 is 10.1 Å². The van der Waals surface area contributed by atoms with Crippen molar-refractivity contribution in [3.63, 3.8) is 0 Å². The van der Waals surface area contributed by atoms with Crippen LogP contribution in [0, 0.1) is 0 Å². The summed E-state index contributed by atoms with van der Waals surface area (Å²) in [6.07, 6.45) is 0.945. The van der Waals surface area contributed by atoms with Gasteiger partial charge in [0.2, 0.25) is 0 Å². The van der Waals surface area contributed by atoms with Crippen LogP contribution in [0.2, 0.25) is 10.0 Å². The van der Waals surface area contributed by atoms with Crippen LogP contribution in [-0.4, -0.2) is 36.5 Å². The molecule has 0 bridgehead atoms. The molecule has 0 spiro atoms. The Bertz CT molecular complexity index is 725. The largest absolute Gasteiger partial charge is 0.482 e. The molecule has 1 saturated heterocycles. The number of hydrogen-bond acceptors (Lipinski definition) is 3. The van der Waals surface area contributed by atoms with E-state index >= 15 is 0 Å². The van der Waals surface area contributed by atoms with Crippen LogP contribution < -0.4 is 10.1 Å². The van der Waals surface area contributed by atoms with Gasteiger partial charge in [-0.1, -0.05) is 53.5 Å². The van der Waals surface area contributed by atoms with E-state index in [-0.39, 0.29) is 18.6 Å². The molecule has 1 heterocycles. The third-order valence-electron chi connectivity index (χ3n) is 4.14. The van der Waals surface area contributed by atoms with E-state index in [1.54, 1.807) is 18.2 Å². The van der Waals surface area contributed by atoms with Gasteiger partial charge in [0.1, 0.15) is 5.75 Å². The Kier molecular flexibility index (Phi) is 6.19. The van der Waals surface area contributed by atoms with Gasteiger partial charge in [-0.15, -0.1) is 0 Å². The van der Waals surface area contributed by atoms with Crippen LogP contribution in [0.25, 0.3) is 0 Å². The lowest BCUT2D eigenvalue weighted by atomic mass is 10.2. The van der Waals surface area contributed by atoms with Gasteiger partial charge in [0.25, 0.3) is 5.91 Å². The number of ether oxygens (including phenoxy) is 1. The molecule has 1 N–H and O–H groups in total. The predicted octanol–water partition coefficient (Wildman–Crippen LogP) is 3.76. The van der Waals surface area contributed by atoms with Gasteiger partial charge in [0.05, 0.1) is 5.02 Å². The Hall–Kier alpha value is -1.75. The summed E-state index contributed by atoms with van der Waals surface area (Å²) in [5.41, 5.74) is 1.29. The van der Waals surface area contributed by atoms with E-state index in [9.17, 15) is 4.79 Å². The zero-order valence-corrected chi connectivity index (χ0v) is 15.3. The summed E-state index contributed by atoms with van der Waals surface area (Å²) in [4.78, 5) is 14.4. The molecule has 25 heavy (non-hydrogen) atoms. The first-order chi connectivity index (χ1) is 12.1. The Morgan fingerprint density at radius 3 is 2.76 bits per heavy atom. The van der Waals surface area contributed by atoms with Crippen molar-refractivity contribution in [1.29, 1.82) is 0 Å². The van der Waals surface area contributed by atoms with Crippen molar-refractivity contribution in [3.05, 3.63) is 64.1 Å². The zero-order valence-electron chi connectivity index (χ0n) is 13.8. The average molecular weight is 379 g/mol. The van der Waals surface area contributed by atoms with E-state index < -0.39 is 0 Å². The van der Waals surface area contributed by atoms with Crippen molar-refractivity contribution in [2.24, 2.45) is 0 Å². The number of hydrogen-bond donors (Lipinski definition) is 1. The lowest BCUT2D eigenvalue weighted by Crippen LogP contribution is -2.39. The van der Waals surface area contributed by atoms with Crippen LogP contribution in [0.15, 0.2) is 48.5 Å². The number of rotatable bonds is 6. The fourth-order valence-electron chi connectivity index (χ4n) is 2.94. The molecular weight excluding hydrogens is 359 g/mol. The van der Waals surface area contributed by atoms with Crippen LogP contribution >= 0.6 is 23.2 Å². The first kappa shape index (κ1) is 18.1. The van der Waals surface area contributed by atoms with Gasteiger partial charge in [0, 0.05) is 30.7 Å². The minimum absolute atomic E-state index is 0.0590. The molecule has 1 aliphatic rings. The topological polar surface area (TPSA) is 41.6 Å². The van der Waals surface area contributed by atoms with Crippen molar-refractivity contribution in [3.8, 4) is 5.75 Å². The molecule has 1 aliphatic heterocycles. The standard InChI is InChI=1S/C19H20Cl2N2O2/c20-15-6-7-18(17(21)10-15)25-13-19(24)22-16-8-9-23(12-16)11-14-4-2-1-3-5-14/h1-7,10,16H,8-9,11-13H2,(H,22,24). The van der Waals surface area contributed by atoms with Gasteiger partial charge in [-0.25, -0.2) is 0 Å². The molecular formula is C19H20Cl2N2O2. The molecule has 0 aromatic heterocycles. The molecule has 2 aromatic carbocycles. The van der Waals surface area contributed by atoms with Crippen LogP contribution in [0.1, 0.15) is 12.0 Å². The molecule has 0 radical (unpaired) electrons. The maximum absolute atomic E-state index is 12.1. The molecule has 1 fully saturated rings. The molecule has 6 heteroatoms. The Morgan fingerprint density at radius 2 is 2.00 bits per heavy atom. The van der Waals surface area contributed by atoms with Gasteiger partial charge in [-0.2, -0.15) is 0 Å². The molecule has 3 rings (SSSR count). The van der Waals surface area contributed by atoms with Crippen molar-refractivity contribution in [1.82, 2.24) is 10.2 Å². The van der Waals surface area contributed by atoms with Gasteiger partial charge in [-0.3, -0.25) is 9.69 Å². The van der Waals surface area contributed by atoms with Crippen molar-refractivity contribution >= 4 is 29.1 Å². The molecule has 0 aliphatic carbocycles. The SMILES string of the molecule is O=C(COc1ccc(Cl)cc1Cl)NC1CCN(Cc2ccccc2)C1. The second-order valence-corrected chi connectivity index (χ2v) is 6.98. The Morgan fingerprint density at radius 1 is 1.20 bits per heavy atom. The number of amides is 1. The van der Waals surface area contributed by atoms with Gasteiger partial charge in [0.15, 0.2) is 6.61 Å². The second kappa shape index (κ2) is 8.56. The molecule has 132 valence electrons. The number of nitrogens with one attached hydrogen (secondary N) is 1. The summed E-state index contributed by atoms with van der Waals surface area (Å²) in [5, 5.41) is 3.95. The van der Waals surface area contributed by atoms with Crippen molar-refractivity contribution in [2.75, 3.05) is 19.7 Å². The van der Waals surface area contributed by atoms with E-state index in [0.717, 1.165) is 26.1 Å². The number of benzene rings is 2. The molecule has 1 atom stereocenters. The maximum Gasteiger partial charge on any atom is 0.258 e. The number of nitrogens with zero attached hydrogens (tertiary/aromatic N) is 1. The first-order valence-electron chi connectivity index (χ1n) is 8.23. The van der Waals surface area contributed by atoms with Crippen LogP contribution in [0.5, 0.6) is 5.75 Å². The first-order valence-corrected chi connectivity index (χ1v) is 8.99. The number of likely N-dealkylation sites (tertiary alicyclic amines) is 1. The highest BCUT2D eigenvalue weighted by molar-refractivity contribution is 6.35. The number of carbonyl (C=O) groups is 1. The third-order valence-corrected chi connectivity index (χ3v) is 4.67. The normalized spacial score (nSPS) is 17.4. The monoisotopic (exact) mass is 378 g/mol. The summed E-state index contributed by atoms with van der Waals surface area (Å²) in [6, 6.07) is 15.4. The van der Waals surface area contributed by atoms with E-state index in [2.05, 4.69) is 22.3 Å². The molecule has 1 amide bonds. The van der Waals surface area contributed by atoms with Crippen molar-refractivity contribution < 1.29 is 9.53 Å². The van der Waals surface area contributed by atoms with E-state index in [1.165, 1.54) is 5.56 Å².